The predicted octanol–water partition coefficient (Wildman–Crippen LogP) is 3.55. The molecule has 1 atom stereocenters. The number of aromatic nitrogens is 2. The Bertz CT molecular complexity index is 1190. The van der Waals surface area contributed by atoms with Gasteiger partial charge >= 0.3 is 12.0 Å². The first kappa shape index (κ1) is 21.5. The minimum atomic E-state index is -0.546. The van der Waals surface area contributed by atoms with E-state index in [4.69, 9.17) is 4.74 Å². The molecule has 4 rings (SSSR count). The number of nitrogens with zero attached hydrogens (tertiary/aromatic N) is 2. The van der Waals surface area contributed by atoms with Gasteiger partial charge in [0.15, 0.2) is 0 Å². The summed E-state index contributed by atoms with van der Waals surface area (Å²) in [5, 5.41) is 6.07. The fourth-order valence-electron chi connectivity index (χ4n) is 3.97. The Hall–Kier alpha value is -3.68. The van der Waals surface area contributed by atoms with Gasteiger partial charge in [-0.05, 0) is 43.5 Å². The molecule has 32 heavy (non-hydrogen) atoms. The molecule has 8 nitrogen and oxygen atoms in total. The van der Waals surface area contributed by atoms with Crippen molar-refractivity contribution in [3.05, 3.63) is 70.3 Å². The zero-order valence-electron chi connectivity index (χ0n) is 18.0. The van der Waals surface area contributed by atoms with Crippen LogP contribution in [0.15, 0.2) is 53.3 Å². The number of anilines is 1. The van der Waals surface area contributed by atoms with Crippen LogP contribution in [0.25, 0.3) is 10.9 Å². The Kier molecular flexibility index (Phi) is 6.49. The van der Waals surface area contributed by atoms with Crippen molar-refractivity contribution in [1.29, 1.82) is 0 Å². The Balaban J connectivity index is 1.53. The van der Waals surface area contributed by atoms with E-state index >= 15 is 0 Å². The van der Waals surface area contributed by atoms with E-state index < -0.39 is 18.0 Å². The Morgan fingerprint density at radius 3 is 2.75 bits per heavy atom. The molecule has 1 aliphatic heterocycles. The Labute approximate surface area is 185 Å². The molecule has 8 heteroatoms. The molecule has 0 spiro atoms. The molecular formula is C24H26N4O4. The van der Waals surface area contributed by atoms with Gasteiger partial charge in [-0.25, -0.2) is 9.78 Å². The van der Waals surface area contributed by atoms with Crippen LogP contribution in [0.5, 0.6) is 0 Å². The zero-order chi connectivity index (χ0) is 22.5. The lowest BCUT2D eigenvalue weighted by Crippen LogP contribution is -2.34. The summed E-state index contributed by atoms with van der Waals surface area (Å²) in [6.45, 7) is 2.68. The highest BCUT2D eigenvalue weighted by Gasteiger charge is 2.20. The van der Waals surface area contributed by atoms with Crippen LogP contribution in [0, 0.1) is 0 Å². The molecule has 0 unspecified atom stereocenters. The number of esters is 1. The highest BCUT2D eigenvalue weighted by molar-refractivity contribution is 5.93. The number of carbonyl (C=O) groups is 2. The first-order chi connectivity index (χ1) is 15.5. The summed E-state index contributed by atoms with van der Waals surface area (Å²) in [4.78, 5) is 42.3. The number of ether oxygens (including phenoxy) is 1. The van der Waals surface area contributed by atoms with E-state index in [1.54, 1.807) is 29.7 Å². The number of urea groups is 1. The van der Waals surface area contributed by atoms with Crippen molar-refractivity contribution < 1.29 is 14.3 Å². The average Bonchev–Trinajstić information content (AvgIpc) is 2.80. The second kappa shape index (κ2) is 9.64. The molecule has 0 radical (unpaired) electrons. The quantitative estimate of drug-likeness (QED) is 0.578. The summed E-state index contributed by atoms with van der Waals surface area (Å²) < 4.78 is 6.77. The van der Waals surface area contributed by atoms with Gasteiger partial charge in [0.25, 0.3) is 5.56 Å². The average molecular weight is 434 g/mol. The SMILES string of the molecule is CCOC(=O)C[C@H](NC(=O)Nc1ccc2nc3n(c(=O)c2c1)CCCC3)c1ccccc1. The van der Waals surface area contributed by atoms with Crippen molar-refractivity contribution in [3.63, 3.8) is 0 Å². The normalized spacial score (nSPS) is 13.8. The van der Waals surface area contributed by atoms with Crippen LogP contribution in [0.4, 0.5) is 10.5 Å². The van der Waals surface area contributed by atoms with Gasteiger partial charge < -0.3 is 15.4 Å². The fourth-order valence-corrected chi connectivity index (χ4v) is 3.97. The summed E-state index contributed by atoms with van der Waals surface area (Å²) in [5.74, 6) is 0.424. The number of amides is 2. The lowest BCUT2D eigenvalue weighted by molar-refractivity contribution is -0.143. The molecule has 2 N–H and O–H groups in total. The van der Waals surface area contributed by atoms with Crippen LogP contribution in [0.3, 0.4) is 0 Å². The third-order valence-corrected chi connectivity index (χ3v) is 5.51. The standard InChI is InChI=1S/C24H26N4O4/c1-2-32-22(29)15-20(16-8-4-3-5-9-16)27-24(31)25-17-11-12-19-18(14-17)23(30)28-13-7-6-10-21(28)26-19/h3-5,8-9,11-12,14,20H,2,6-7,10,13,15H2,1H3,(H2,25,27,31)/t20-/m0/s1. The van der Waals surface area contributed by atoms with Crippen LogP contribution in [0.1, 0.15) is 43.6 Å². The van der Waals surface area contributed by atoms with Gasteiger partial charge in [0.1, 0.15) is 5.82 Å². The topological polar surface area (TPSA) is 102 Å². The molecule has 166 valence electrons. The highest BCUT2D eigenvalue weighted by Crippen LogP contribution is 2.20. The first-order valence-electron chi connectivity index (χ1n) is 10.9. The maximum absolute atomic E-state index is 12.9. The number of aryl methyl sites for hydroxylation is 1. The van der Waals surface area contributed by atoms with E-state index in [1.165, 1.54) is 0 Å². The minimum absolute atomic E-state index is 0.0143. The number of hydrogen-bond acceptors (Lipinski definition) is 5. The van der Waals surface area contributed by atoms with E-state index in [1.807, 2.05) is 30.3 Å². The molecule has 0 saturated carbocycles. The third kappa shape index (κ3) is 4.80. The van der Waals surface area contributed by atoms with E-state index in [0.717, 1.165) is 30.7 Å². The van der Waals surface area contributed by atoms with Gasteiger partial charge in [0.2, 0.25) is 0 Å². The van der Waals surface area contributed by atoms with E-state index in [-0.39, 0.29) is 18.6 Å². The molecular weight excluding hydrogens is 408 g/mol. The second-order valence-electron chi connectivity index (χ2n) is 7.74. The summed E-state index contributed by atoms with van der Waals surface area (Å²) in [6.07, 6.45) is 2.81. The molecule has 0 bridgehead atoms. The van der Waals surface area contributed by atoms with E-state index in [9.17, 15) is 14.4 Å². The Morgan fingerprint density at radius 1 is 1.16 bits per heavy atom. The first-order valence-corrected chi connectivity index (χ1v) is 10.9. The minimum Gasteiger partial charge on any atom is -0.466 e. The summed E-state index contributed by atoms with van der Waals surface area (Å²) in [7, 11) is 0. The molecule has 2 amide bonds. The van der Waals surface area contributed by atoms with Crippen LogP contribution in [-0.4, -0.2) is 28.2 Å². The zero-order valence-corrected chi connectivity index (χ0v) is 18.0. The molecule has 3 aromatic rings. The van der Waals surface area contributed by atoms with Crippen molar-refractivity contribution in [2.75, 3.05) is 11.9 Å². The number of fused-ring (bicyclic) bond motifs is 2. The van der Waals surface area contributed by atoms with E-state index in [0.29, 0.717) is 23.1 Å². The fraction of sp³-hybridized carbons (Fsp3) is 0.333. The molecule has 1 aliphatic rings. The van der Waals surface area contributed by atoms with Gasteiger partial charge in [-0.2, -0.15) is 0 Å². The number of rotatable bonds is 6. The third-order valence-electron chi connectivity index (χ3n) is 5.51. The number of nitrogens with one attached hydrogen (secondary N) is 2. The van der Waals surface area contributed by atoms with Crippen LogP contribution in [0.2, 0.25) is 0 Å². The second-order valence-corrected chi connectivity index (χ2v) is 7.74. The van der Waals surface area contributed by atoms with Gasteiger partial charge in [-0.15, -0.1) is 0 Å². The van der Waals surface area contributed by atoms with Gasteiger partial charge in [0.05, 0.1) is 30.0 Å². The number of benzene rings is 2. The molecule has 0 aliphatic carbocycles. The molecule has 2 aromatic carbocycles. The van der Waals surface area contributed by atoms with Crippen molar-refractivity contribution >= 4 is 28.6 Å². The van der Waals surface area contributed by atoms with Gasteiger partial charge in [0, 0.05) is 18.7 Å². The maximum Gasteiger partial charge on any atom is 0.319 e. The lowest BCUT2D eigenvalue weighted by Gasteiger charge is -2.19. The van der Waals surface area contributed by atoms with Crippen LogP contribution in [-0.2, 0) is 22.5 Å². The molecule has 2 heterocycles. The number of hydrogen-bond donors (Lipinski definition) is 2. The summed E-state index contributed by atoms with van der Waals surface area (Å²) in [5.41, 5.74) is 1.81. The predicted molar refractivity (Wildman–Crippen MR) is 122 cm³/mol. The summed E-state index contributed by atoms with van der Waals surface area (Å²) in [6, 6.07) is 13.3. The largest absolute Gasteiger partial charge is 0.466 e. The Morgan fingerprint density at radius 2 is 1.97 bits per heavy atom. The monoisotopic (exact) mass is 434 g/mol. The number of carbonyl (C=O) groups excluding carboxylic acids is 2. The molecule has 0 fully saturated rings. The van der Waals surface area contributed by atoms with Crippen molar-refractivity contribution in [3.8, 4) is 0 Å². The van der Waals surface area contributed by atoms with Crippen LogP contribution < -0.4 is 16.2 Å². The molecule has 0 saturated heterocycles. The van der Waals surface area contributed by atoms with Crippen molar-refractivity contribution in [1.82, 2.24) is 14.9 Å². The van der Waals surface area contributed by atoms with Crippen molar-refractivity contribution in [2.45, 2.75) is 45.2 Å². The van der Waals surface area contributed by atoms with Gasteiger partial charge in [-0.3, -0.25) is 14.2 Å². The molecule has 1 aromatic heterocycles. The van der Waals surface area contributed by atoms with Crippen molar-refractivity contribution in [2.24, 2.45) is 0 Å². The van der Waals surface area contributed by atoms with Crippen LogP contribution >= 0.6 is 0 Å². The smallest absolute Gasteiger partial charge is 0.319 e. The summed E-state index contributed by atoms with van der Waals surface area (Å²) >= 11 is 0. The maximum atomic E-state index is 12.9. The highest BCUT2D eigenvalue weighted by atomic mass is 16.5. The lowest BCUT2D eigenvalue weighted by atomic mass is 10.0. The van der Waals surface area contributed by atoms with E-state index in [2.05, 4.69) is 15.6 Å². The van der Waals surface area contributed by atoms with Gasteiger partial charge in [-0.1, -0.05) is 30.3 Å².